The molecule has 0 heterocycles. The van der Waals surface area contributed by atoms with Gasteiger partial charge in [0.25, 0.3) is 0 Å². The Hall–Kier alpha value is -1.04. The highest BCUT2D eigenvalue weighted by molar-refractivity contribution is 6.35. The van der Waals surface area contributed by atoms with Crippen LogP contribution in [0.25, 0.3) is 0 Å². The van der Waals surface area contributed by atoms with E-state index in [0.717, 1.165) is 6.42 Å². The minimum Gasteiger partial charge on any atom is -0.381 e. The molecule has 1 atom stereocenters. The Kier molecular flexibility index (Phi) is 8.66. The second-order valence-electron chi connectivity index (χ2n) is 5.73. The Morgan fingerprint density at radius 1 is 1.26 bits per heavy atom. The number of halogens is 3. The van der Waals surface area contributed by atoms with Gasteiger partial charge in [0.1, 0.15) is 5.82 Å². The second-order valence-corrected chi connectivity index (χ2v) is 6.55. The molecule has 0 fully saturated rings. The van der Waals surface area contributed by atoms with Crippen LogP contribution in [0.4, 0.5) is 9.18 Å². The fraction of sp³-hybridized carbons (Fsp3) is 0.562. The molecule has 0 saturated carbocycles. The molecule has 0 bridgehead atoms. The quantitative estimate of drug-likeness (QED) is 0.524. The van der Waals surface area contributed by atoms with Crippen LogP contribution in [-0.4, -0.2) is 25.8 Å². The van der Waals surface area contributed by atoms with Crippen molar-refractivity contribution in [3.63, 3.8) is 0 Å². The molecule has 4 nitrogen and oxygen atoms in total. The van der Waals surface area contributed by atoms with Gasteiger partial charge in [0, 0.05) is 24.8 Å². The summed E-state index contributed by atoms with van der Waals surface area (Å²) in [4.78, 5) is 11.8. The molecular formula is C16H23Cl2FN2O2. The summed E-state index contributed by atoms with van der Waals surface area (Å²) in [5.41, 5.74) is 0.476. The van der Waals surface area contributed by atoms with Gasteiger partial charge in [-0.2, -0.15) is 0 Å². The van der Waals surface area contributed by atoms with Crippen LogP contribution < -0.4 is 10.6 Å². The molecule has 7 heteroatoms. The molecule has 0 aliphatic rings. The van der Waals surface area contributed by atoms with Crippen LogP contribution in [0.15, 0.2) is 12.1 Å². The number of ether oxygens (including phenoxy) is 1. The maximum absolute atomic E-state index is 13.5. The Labute approximate surface area is 146 Å². The van der Waals surface area contributed by atoms with Crippen LogP contribution >= 0.6 is 23.2 Å². The summed E-state index contributed by atoms with van der Waals surface area (Å²) in [5, 5.41) is 5.70. The minimum atomic E-state index is -0.567. The normalized spacial score (nSPS) is 12.3. The van der Waals surface area contributed by atoms with Crippen LogP contribution in [0.3, 0.4) is 0 Å². The van der Waals surface area contributed by atoms with E-state index in [4.69, 9.17) is 27.9 Å². The number of urea groups is 1. The number of benzene rings is 1. The van der Waals surface area contributed by atoms with Crippen LogP contribution in [0.2, 0.25) is 10.0 Å². The van der Waals surface area contributed by atoms with Crippen molar-refractivity contribution >= 4 is 29.2 Å². The van der Waals surface area contributed by atoms with Gasteiger partial charge in [-0.25, -0.2) is 9.18 Å². The third kappa shape index (κ3) is 7.38. The zero-order valence-electron chi connectivity index (χ0n) is 13.6. The monoisotopic (exact) mass is 364 g/mol. The molecule has 1 aromatic carbocycles. The predicted octanol–water partition coefficient (Wildman–Crippen LogP) is 4.56. The molecule has 1 unspecified atom stereocenters. The predicted molar refractivity (Wildman–Crippen MR) is 91.6 cm³/mol. The van der Waals surface area contributed by atoms with E-state index < -0.39 is 11.9 Å². The van der Waals surface area contributed by atoms with Crippen LogP contribution in [-0.2, 0) is 4.74 Å². The Bertz CT molecular complexity index is 527. The van der Waals surface area contributed by atoms with Gasteiger partial charge in [-0.3, -0.25) is 0 Å². The van der Waals surface area contributed by atoms with Crippen LogP contribution in [0.5, 0.6) is 0 Å². The molecule has 1 aromatic rings. The number of hydrogen-bond acceptors (Lipinski definition) is 2. The van der Waals surface area contributed by atoms with Gasteiger partial charge in [0.15, 0.2) is 0 Å². The first kappa shape index (κ1) is 20.0. The molecule has 0 aromatic heterocycles. The molecule has 2 N–H and O–H groups in total. The third-order valence-corrected chi connectivity index (χ3v) is 3.67. The highest BCUT2D eigenvalue weighted by Gasteiger charge is 2.15. The Balaban J connectivity index is 2.35. The van der Waals surface area contributed by atoms with E-state index in [0.29, 0.717) is 36.3 Å². The molecule has 0 aliphatic heterocycles. The van der Waals surface area contributed by atoms with Crippen molar-refractivity contribution in [3.05, 3.63) is 33.6 Å². The van der Waals surface area contributed by atoms with E-state index in [-0.39, 0.29) is 11.1 Å². The summed E-state index contributed by atoms with van der Waals surface area (Å²) in [6.45, 7) is 7.70. The largest absolute Gasteiger partial charge is 0.381 e. The maximum Gasteiger partial charge on any atom is 0.315 e. The fourth-order valence-corrected chi connectivity index (χ4v) is 2.44. The lowest BCUT2D eigenvalue weighted by Crippen LogP contribution is -2.37. The van der Waals surface area contributed by atoms with Crippen molar-refractivity contribution in [2.45, 2.75) is 33.2 Å². The SMILES string of the molecule is CC(C)COCCCNC(=O)NC(C)c1cc(F)c(Cl)cc1Cl. The molecule has 0 saturated heterocycles. The molecule has 0 radical (unpaired) electrons. The van der Waals surface area contributed by atoms with Gasteiger partial charge in [-0.05, 0) is 37.0 Å². The van der Waals surface area contributed by atoms with Gasteiger partial charge in [-0.1, -0.05) is 37.0 Å². The lowest BCUT2D eigenvalue weighted by molar-refractivity contribution is 0.108. The van der Waals surface area contributed by atoms with Gasteiger partial charge in [0.05, 0.1) is 11.1 Å². The minimum absolute atomic E-state index is 0.0446. The van der Waals surface area contributed by atoms with Crippen molar-refractivity contribution in [2.75, 3.05) is 19.8 Å². The molecule has 2 amide bonds. The maximum atomic E-state index is 13.5. The van der Waals surface area contributed by atoms with Crippen LogP contribution in [0, 0.1) is 11.7 Å². The number of nitrogens with one attached hydrogen (secondary N) is 2. The third-order valence-electron chi connectivity index (χ3n) is 3.06. The lowest BCUT2D eigenvalue weighted by Gasteiger charge is -2.17. The smallest absolute Gasteiger partial charge is 0.315 e. The zero-order valence-corrected chi connectivity index (χ0v) is 15.1. The van der Waals surface area contributed by atoms with Gasteiger partial charge >= 0.3 is 6.03 Å². The van der Waals surface area contributed by atoms with Crippen molar-refractivity contribution in [2.24, 2.45) is 5.92 Å². The first-order valence-corrected chi connectivity index (χ1v) is 8.33. The average Bonchev–Trinajstić information content (AvgIpc) is 2.46. The van der Waals surface area contributed by atoms with Gasteiger partial charge < -0.3 is 15.4 Å². The number of rotatable bonds is 8. The molecule has 0 aliphatic carbocycles. The summed E-state index contributed by atoms with van der Waals surface area (Å²) in [7, 11) is 0. The molecule has 0 spiro atoms. The van der Waals surface area contributed by atoms with Crippen molar-refractivity contribution in [3.8, 4) is 0 Å². The number of carbonyl (C=O) groups is 1. The van der Waals surface area contributed by atoms with E-state index in [2.05, 4.69) is 24.5 Å². The van der Waals surface area contributed by atoms with E-state index in [1.807, 2.05) is 0 Å². The standard InChI is InChI=1S/C16H23Cl2FN2O2/c1-10(2)9-23-6-4-5-20-16(22)21-11(3)12-7-15(19)14(18)8-13(12)17/h7-8,10-11H,4-6,9H2,1-3H3,(H2,20,21,22). The Morgan fingerprint density at radius 2 is 1.96 bits per heavy atom. The molecule has 1 rings (SSSR count). The fourth-order valence-electron chi connectivity index (χ4n) is 1.89. The number of amides is 2. The summed E-state index contributed by atoms with van der Waals surface area (Å²) in [6.07, 6.45) is 0.727. The summed E-state index contributed by atoms with van der Waals surface area (Å²) in [6, 6.07) is 1.78. The van der Waals surface area contributed by atoms with E-state index in [1.54, 1.807) is 6.92 Å². The number of hydrogen-bond donors (Lipinski definition) is 2. The van der Waals surface area contributed by atoms with E-state index >= 15 is 0 Å². The second kappa shape index (κ2) is 9.96. The molecule has 130 valence electrons. The zero-order chi connectivity index (χ0) is 17.4. The van der Waals surface area contributed by atoms with Crippen molar-refractivity contribution in [1.82, 2.24) is 10.6 Å². The summed E-state index contributed by atoms with van der Waals surface area (Å²) >= 11 is 11.7. The van der Waals surface area contributed by atoms with E-state index in [1.165, 1.54) is 12.1 Å². The first-order chi connectivity index (χ1) is 10.8. The average molecular weight is 365 g/mol. The van der Waals surface area contributed by atoms with Gasteiger partial charge in [0.2, 0.25) is 0 Å². The first-order valence-electron chi connectivity index (χ1n) is 7.57. The number of carbonyl (C=O) groups excluding carboxylic acids is 1. The highest BCUT2D eigenvalue weighted by atomic mass is 35.5. The lowest BCUT2D eigenvalue weighted by atomic mass is 10.1. The Morgan fingerprint density at radius 3 is 2.61 bits per heavy atom. The molecule has 23 heavy (non-hydrogen) atoms. The summed E-state index contributed by atoms with van der Waals surface area (Å²) in [5.74, 6) is -0.0703. The van der Waals surface area contributed by atoms with Crippen molar-refractivity contribution in [1.29, 1.82) is 0 Å². The highest BCUT2D eigenvalue weighted by Crippen LogP contribution is 2.28. The molecular weight excluding hydrogens is 342 g/mol. The van der Waals surface area contributed by atoms with Crippen molar-refractivity contribution < 1.29 is 13.9 Å². The summed E-state index contributed by atoms with van der Waals surface area (Å²) < 4.78 is 18.9. The van der Waals surface area contributed by atoms with E-state index in [9.17, 15) is 9.18 Å². The van der Waals surface area contributed by atoms with Crippen LogP contribution in [0.1, 0.15) is 38.8 Å². The topological polar surface area (TPSA) is 50.4 Å². The van der Waals surface area contributed by atoms with Gasteiger partial charge in [-0.15, -0.1) is 0 Å².